The maximum Gasteiger partial charge on any atom is 0.236 e. The van der Waals surface area contributed by atoms with Crippen molar-refractivity contribution >= 4 is 22.8 Å². The molecule has 2 aromatic rings. The molecule has 0 N–H and O–H groups in total. The van der Waals surface area contributed by atoms with Crippen LogP contribution in [0.5, 0.6) is 0 Å². The molecule has 0 aliphatic carbocycles. The molecule has 1 aromatic heterocycles. The van der Waals surface area contributed by atoms with Crippen molar-refractivity contribution in [2.45, 2.75) is 0 Å². The number of aromatic nitrogens is 2. The van der Waals surface area contributed by atoms with Crippen LogP contribution in [-0.2, 0) is 4.79 Å². The van der Waals surface area contributed by atoms with Gasteiger partial charge < -0.3 is 9.80 Å². The number of nitrogens with zero attached hydrogens (tertiary/aromatic N) is 5. The van der Waals surface area contributed by atoms with Gasteiger partial charge in [0.05, 0.1) is 23.8 Å². The Morgan fingerprint density at radius 1 is 1.14 bits per heavy atom. The fraction of sp³-hybridized carbons (Fsp3) is 0.438. The smallest absolute Gasteiger partial charge is 0.236 e. The van der Waals surface area contributed by atoms with Crippen LogP contribution in [0.1, 0.15) is 0 Å². The molecule has 0 spiro atoms. The summed E-state index contributed by atoms with van der Waals surface area (Å²) < 4.78 is 0. The Labute approximate surface area is 130 Å². The number of carbonyl (C=O) groups is 1. The van der Waals surface area contributed by atoms with Gasteiger partial charge in [0.1, 0.15) is 5.82 Å². The molecule has 0 unspecified atom stereocenters. The Bertz CT molecular complexity index is 664. The molecule has 6 heteroatoms. The third-order valence-corrected chi connectivity index (χ3v) is 3.99. The first-order valence-corrected chi connectivity index (χ1v) is 7.53. The highest BCUT2D eigenvalue weighted by atomic mass is 16.2. The predicted octanol–water partition coefficient (Wildman–Crippen LogP) is 0.840. The minimum atomic E-state index is 0.152. The van der Waals surface area contributed by atoms with Gasteiger partial charge in [0, 0.05) is 40.3 Å². The van der Waals surface area contributed by atoms with Gasteiger partial charge in [0.2, 0.25) is 5.91 Å². The van der Waals surface area contributed by atoms with Gasteiger partial charge in [-0.2, -0.15) is 0 Å². The molecule has 1 saturated heterocycles. The molecule has 1 aliphatic heterocycles. The molecule has 1 aromatic carbocycles. The first-order chi connectivity index (χ1) is 10.6. The highest BCUT2D eigenvalue weighted by Crippen LogP contribution is 2.16. The topological polar surface area (TPSA) is 52.6 Å². The Morgan fingerprint density at radius 3 is 2.50 bits per heavy atom. The molecule has 22 heavy (non-hydrogen) atoms. The van der Waals surface area contributed by atoms with Gasteiger partial charge in [-0.1, -0.05) is 12.1 Å². The van der Waals surface area contributed by atoms with E-state index in [0.29, 0.717) is 6.54 Å². The lowest BCUT2D eigenvalue weighted by Gasteiger charge is -2.35. The number of rotatable bonds is 3. The quantitative estimate of drug-likeness (QED) is 0.840. The highest BCUT2D eigenvalue weighted by molar-refractivity contribution is 5.77. The van der Waals surface area contributed by atoms with E-state index in [9.17, 15) is 4.79 Å². The lowest BCUT2D eigenvalue weighted by Crippen LogP contribution is -2.49. The third kappa shape index (κ3) is 3.17. The van der Waals surface area contributed by atoms with Gasteiger partial charge in [-0.25, -0.2) is 4.98 Å². The van der Waals surface area contributed by atoms with E-state index in [1.165, 1.54) is 0 Å². The van der Waals surface area contributed by atoms with E-state index in [1.807, 2.05) is 30.5 Å². The van der Waals surface area contributed by atoms with Crippen LogP contribution in [0.4, 0.5) is 5.82 Å². The summed E-state index contributed by atoms with van der Waals surface area (Å²) in [7, 11) is 3.59. The number of piperazine rings is 1. The van der Waals surface area contributed by atoms with Crippen molar-refractivity contribution in [3.05, 3.63) is 30.5 Å². The molecule has 1 amide bonds. The normalized spacial score (nSPS) is 16.0. The van der Waals surface area contributed by atoms with E-state index in [4.69, 9.17) is 0 Å². The third-order valence-electron chi connectivity index (χ3n) is 3.99. The molecule has 0 bridgehead atoms. The lowest BCUT2D eigenvalue weighted by molar-refractivity contribution is -0.129. The summed E-state index contributed by atoms with van der Waals surface area (Å²) in [5.41, 5.74) is 1.84. The standard InChI is InChI=1S/C16H21N5O/c1-19(2)16(22)12-20-7-9-21(10-8-20)15-11-17-13-5-3-4-6-14(13)18-15/h3-6,11H,7-10,12H2,1-2H3. The van der Waals surface area contributed by atoms with Crippen LogP contribution in [0, 0.1) is 0 Å². The van der Waals surface area contributed by atoms with Crippen LogP contribution >= 0.6 is 0 Å². The average molecular weight is 299 g/mol. The van der Waals surface area contributed by atoms with Crippen LogP contribution in [0.3, 0.4) is 0 Å². The number of carbonyl (C=O) groups excluding carboxylic acids is 1. The molecular formula is C16H21N5O. The average Bonchev–Trinajstić information content (AvgIpc) is 2.55. The number of para-hydroxylation sites is 2. The molecular weight excluding hydrogens is 278 g/mol. The van der Waals surface area contributed by atoms with Gasteiger partial charge in [-0.05, 0) is 12.1 Å². The number of hydrogen-bond donors (Lipinski definition) is 0. The van der Waals surface area contributed by atoms with Crippen LogP contribution in [-0.4, -0.2) is 72.5 Å². The summed E-state index contributed by atoms with van der Waals surface area (Å²) in [5.74, 6) is 1.07. The fourth-order valence-electron chi connectivity index (χ4n) is 2.57. The number of benzene rings is 1. The van der Waals surface area contributed by atoms with Gasteiger partial charge in [0.25, 0.3) is 0 Å². The summed E-state index contributed by atoms with van der Waals surface area (Å²) >= 11 is 0. The monoisotopic (exact) mass is 299 g/mol. The zero-order valence-corrected chi connectivity index (χ0v) is 13.1. The van der Waals surface area contributed by atoms with E-state index >= 15 is 0 Å². The van der Waals surface area contributed by atoms with E-state index in [0.717, 1.165) is 43.0 Å². The van der Waals surface area contributed by atoms with Gasteiger partial charge in [0.15, 0.2) is 0 Å². The maximum absolute atomic E-state index is 11.8. The molecule has 1 aliphatic rings. The fourth-order valence-corrected chi connectivity index (χ4v) is 2.57. The predicted molar refractivity (Wildman–Crippen MR) is 86.9 cm³/mol. The Kier molecular flexibility index (Phi) is 4.20. The SMILES string of the molecule is CN(C)C(=O)CN1CCN(c2cnc3ccccc3n2)CC1. The summed E-state index contributed by atoms with van der Waals surface area (Å²) in [5, 5.41) is 0. The van der Waals surface area contributed by atoms with Crippen molar-refractivity contribution < 1.29 is 4.79 Å². The molecule has 2 heterocycles. The Balaban J connectivity index is 1.64. The zero-order chi connectivity index (χ0) is 15.5. The van der Waals surface area contributed by atoms with Crippen molar-refractivity contribution in [3.8, 4) is 0 Å². The molecule has 0 atom stereocenters. The number of likely N-dealkylation sites (N-methyl/N-ethyl adjacent to an activating group) is 1. The zero-order valence-electron chi connectivity index (χ0n) is 13.1. The second kappa shape index (κ2) is 6.27. The number of anilines is 1. The van der Waals surface area contributed by atoms with Crippen molar-refractivity contribution in [2.75, 3.05) is 51.7 Å². The Morgan fingerprint density at radius 2 is 1.82 bits per heavy atom. The second-order valence-electron chi connectivity index (χ2n) is 5.77. The number of amides is 1. The van der Waals surface area contributed by atoms with Crippen LogP contribution in [0.15, 0.2) is 30.5 Å². The summed E-state index contributed by atoms with van der Waals surface area (Å²) in [4.78, 5) is 27.0. The first-order valence-electron chi connectivity index (χ1n) is 7.53. The number of hydrogen-bond acceptors (Lipinski definition) is 5. The molecule has 6 nitrogen and oxygen atoms in total. The van der Waals surface area contributed by atoms with E-state index < -0.39 is 0 Å². The van der Waals surface area contributed by atoms with Crippen molar-refractivity contribution in [2.24, 2.45) is 0 Å². The summed E-state index contributed by atoms with van der Waals surface area (Å²) in [6.45, 7) is 3.97. The minimum Gasteiger partial charge on any atom is -0.353 e. The van der Waals surface area contributed by atoms with Crippen molar-refractivity contribution in [3.63, 3.8) is 0 Å². The van der Waals surface area contributed by atoms with Gasteiger partial charge in [-0.3, -0.25) is 14.7 Å². The van der Waals surface area contributed by atoms with Crippen molar-refractivity contribution in [1.82, 2.24) is 19.8 Å². The summed E-state index contributed by atoms with van der Waals surface area (Å²) in [6, 6.07) is 7.90. The summed E-state index contributed by atoms with van der Waals surface area (Å²) in [6.07, 6.45) is 1.84. The van der Waals surface area contributed by atoms with E-state index in [2.05, 4.69) is 19.8 Å². The maximum atomic E-state index is 11.8. The van der Waals surface area contributed by atoms with E-state index in [-0.39, 0.29) is 5.91 Å². The lowest BCUT2D eigenvalue weighted by atomic mass is 10.3. The minimum absolute atomic E-state index is 0.152. The largest absolute Gasteiger partial charge is 0.353 e. The molecule has 0 radical (unpaired) electrons. The molecule has 3 rings (SSSR count). The number of fused-ring (bicyclic) bond motifs is 1. The molecule has 1 fully saturated rings. The first kappa shape index (κ1) is 14.7. The van der Waals surface area contributed by atoms with E-state index in [1.54, 1.807) is 19.0 Å². The molecule has 0 saturated carbocycles. The van der Waals surface area contributed by atoms with Crippen molar-refractivity contribution in [1.29, 1.82) is 0 Å². The van der Waals surface area contributed by atoms with Crippen LogP contribution < -0.4 is 4.90 Å². The van der Waals surface area contributed by atoms with Crippen LogP contribution in [0.2, 0.25) is 0 Å². The second-order valence-corrected chi connectivity index (χ2v) is 5.77. The van der Waals surface area contributed by atoms with Gasteiger partial charge in [-0.15, -0.1) is 0 Å². The molecule has 116 valence electrons. The van der Waals surface area contributed by atoms with Gasteiger partial charge >= 0.3 is 0 Å². The highest BCUT2D eigenvalue weighted by Gasteiger charge is 2.20. The Hall–Kier alpha value is -2.21. The van der Waals surface area contributed by atoms with Crippen LogP contribution in [0.25, 0.3) is 11.0 Å².